The lowest BCUT2D eigenvalue weighted by Crippen LogP contribution is -2.21. The minimum absolute atomic E-state index is 0.338. The van der Waals surface area contributed by atoms with Gasteiger partial charge in [-0.1, -0.05) is 18.2 Å². The third kappa shape index (κ3) is 2.10. The summed E-state index contributed by atoms with van der Waals surface area (Å²) >= 11 is 1.72. The molecule has 90 valence electrons. The van der Waals surface area contributed by atoms with Crippen LogP contribution in [0.2, 0.25) is 0 Å². The fourth-order valence-electron chi connectivity index (χ4n) is 2.51. The monoisotopic (exact) mass is 248 g/mol. The van der Waals surface area contributed by atoms with Crippen LogP contribution in [0.15, 0.2) is 29.6 Å². The maximum absolute atomic E-state index is 10.5. The number of aliphatic hydroxyl groups excluding tert-OH is 1. The zero-order chi connectivity index (χ0) is 11.7. The first-order valence-electron chi connectivity index (χ1n) is 6.08. The predicted octanol–water partition coefficient (Wildman–Crippen LogP) is 3.36. The van der Waals surface area contributed by atoms with E-state index in [0.29, 0.717) is 5.92 Å². The molecule has 3 rings (SSSR count). The Morgan fingerprint density at radius 1 is 1.24 bits per heavy atom. The van der Waals surface area contributed by atoms with Crippen LogP contribution in [0.5, 0.6) is 0 Å². The van der Waals surface area contributed by atoms with E-state index in [1.54, 1.807) is 11.3 Å². The summed E-state index contributed by atoms with van der Waals surface area (Å²) in [6.45, 7) is 1.56. The molecule has 1 N–H and O–H groups in total. The molecule has 1 aromatic carbocycles. The van der Waals surface area contributed by atoms with Gasteiger partial charge in [0.1, 0.15) is 0 Å². The summed E-state index contributed by atoms with van der Waals surface area (Å²) < 4.78 is 6.60. The molecular weight excluding hydrogens is 232 g/mol. The molecule has 3 heteroatoms. The van der Waals surface area contributed by atoms with Gasteiger partial charge in [0, 0.05) is 17.9 Å². The fourth-order valence-corrected chi connectivity index (χ4v) is 3.50. The first-order chi connectivity index (χ1) is 8.36. The molecule has 1 aromatic heterocycles. The Balaban J connectivity index is 1.92. The average Bonchev–Trinajstić information content (AvgIpc) is 2.83. The largest absolute Gasteiger partial charge is 0.388 e. The summed E-state index contributed by atoms with van der Waals surface area (Å²) in [5.74, 6) is 0.349. The van der Waals surface area contributed by atoms with E-state index < -0.39 is 0 Å². The highest BCUT2D eigenvalue weighted by atomic mass is 32.1. The second kappa shape index (κ2) is 4.77. The first-order valence-corrected chi connectivity index (χ1v) is 6.96. The Morgan fingerprint density at radius 3 is 2.82 bits per heavy atom. The van der Waals surface area contributed by atoms with E-state index in [1.165, 1.54) is 10.1 Å². The SMILES string of the molecule is OC(c1csc2ccccc12)C1CCOCC1. The van der Waals surface area contributed by atoms with E-state index in [-0.39, 0.29) is 6.10 Å². The van der Waals surface area contributed by atoms with Gasteiger partial charge in [0.05, 0.1) is 6.10 Å². The topological polar surface area (TPSA) is 29.5 Å². The highest BCUT2D eigenvalue weighted by Gasteiger charge is 2.25. The Morgan fingerprint density at radius 2 is 2.00 bits per heavy atom. The lowest BCUT2D eigenvalue weighted by Gasteiger charge is -2.26. The van der Waals surface area contributed by atoms with Crippen molar-refractivity contribution in [2.24, 2.45) is 5.92 Å². The van der Waals surface area contributed by atoms with Gasteiger partial charge in [0.25, 0.3) is 0 Å². The predicted molar refractivity (Wildman–Crippen MR) is 70.3 cm³/mol. The Hall–Kier alpha value is -0.900. The molecule has 1 aliphatic rings. The van der Waals surface area contributed by atoms with Crippen LogP contribution in [0.3, 0.4) is 0 Å². The van der Waals surface area contributed by atoms with Crippen molar-refractivity contribution >= 4 is 21.4 Å². The molecule has 1 atom stereocenters. The fraction of sp³-hybridized carbons (Fsp3) is 0.429. The molecule has 1 fully saturated rings. The van der Waals surface area contributed by atoms with Crippen LogP contribution in [0, 0.1) is 5.92 Å². The Kier molecular flexibility index (Phi) is 3.14. The van der Waals surface area contributed by atoms with Crippen molar-refractivity contribution < 1.29 is 9.84 Å². The van der Waals surface area contributed by atoms with E-state index in [0.717, 1.165) is 31.6 Å². The molecule has 1 saturated heterocycles. The highest BCUT2D eigenvalue weighted by molar-refractivity contribution is 7.17. The molecule has 1 unspecified atom stereocenters. The van der Waals surface area contributed by atoms with Crippen LogP contribution < -0.4 is 0 Å². The minimum Gasteiger partial charge on any atom is -0.388 e. The second-order valence-electron chi connectivity index (χ2n) is 4.58. The smallest absolute Gasteiger partial charge is 0.0833 e. The van der Waals surface area contributed by atoms with Gasteiger partial charge in [-0.25, -0.2) is 0 Å². The van der Waals surface area contributed by atoms with E-state index in [9.17, 15) is 5.11 Å². The van der Waals surface area contributed by atoms with Gasteiger partial charge in [-0.15, -0.1) is 11.3 Å². The maximum Gasteiger partial charge on any atom is 0.0833 e. The van der Waals surface area contributed by atoms with Gasteiger partial charge in [-0.05, 0) is 41.2 Å². The van der Waals surface area contributed by atoms with Gasteiger partial charge in [-0.2, -0.15) is 0 Å². The number of aliphatic hydroxyl groups is 1. The number of fused-ring (bicyclic) bond motifs is 1. The Bertz CT molecular complexity index is 500. The highest BCUT2D eigenvalue weighted by Crippen LogP contribution is 2.36. The summed E-state index contributed by atoms with van der Waals surface area (Å²) in [6.07, 6.45) is 1.59. The van der Waals surface area contributed by atoms with Crippen molar-refractivity contribution in [3.63, 3.8) is 0 Å². The van der Waals surface area contributed by atoms with Gasteiger partial charge in [0.15, 0.2) is 0 Å². The van der Waals surface area contributed by atoms with Crippen LogP contribution in [0.1, 0.15) is 24.5 Å². The second-order valence-corrected chi connectivity index (χ2v) is 5.49. The van der Waals surface area contributed by atoms with Crippen LogP contribution in [0.4, 0.5) is 0 Å². The van der Waals surface area contributed by atoms with Crippen LogP contribution in [0.25, 0.3) is 10.1 Å². The zero-order valence-electron chi connectivity index (χ0n) is 9.63. The maximum atomic E-state index is 10.5. The molecule has 1 aliphatic heterocycles. The third-order valence-electron chi connectivity index (χ3n) is 3.54. The Labute approximate surface area is 105 Å². The van der Waals surface area contributed by atoms with Crippen LogP contribution in [-0.4, -0.2) is 18.3 Å². The van der Waals surface area contributed by atoms with Crippen molar-refractivity contribution in [2.75, 3.05) is 13.2 Å². The molecule has 0 spiro atoms. The molecule has 0 radical (unpaired) electrons. The normalized spacial score (nSPS) is 19.6. The minimum atomic E-state index is -0.338. The lowest BCUT2D eigenvalue weighted by molar-refractivity contribution is 0.00785. The van der Waals surface area contributed by atoms with Crippen molar-refractivity contribution in [1.29, 1.82) is 0 Å². The van der Waals surface area contributed by atoms with Crippen molar-refractivity contribution in [3.8, 4) is 0 Å². The van der Waals surface area contributed by atoms with E-state index >= 15 is 0 Å². The van der Waals surface area contributed by atoms with Crippen LogP contribution in [-0.2, 0) is 4.74 Å². The van der Waals surface area contributed by atoms with Crippen molar-refractivity contribution in [1.82, 2.24) is 0 Å². The number of ether oxygens (including phenoxy) is 1. The average molecular weight is 248 g/mol. The molecule has 0 bridgehead atoms. The summed E-state index contributed by atoms with van der Waals surface area (Å²) in [7, 11) is 0. The zero-order valence-corrected chi connectivity index (χ0v) is 10.5. The molecule has 17 heavy (non-hydrogen) atoms. The van der Waals surface area contributed by atoms with Crippen molar-refractivity contribution in [3.05, 3.63) is 35.2 Å². The van der Waals surface area contributed by atoms with E-state index in [4.69, 9.17) is 4.74 Å². The molecule has 2 heterocycles. The van der Waals surface area contributed by atoms with Crippen LogP contribution >= 0.6 is 11.3 Å². The number of rotatable bonds is 2. The third-order valence-corrected chi connectivity index (χ3v) is 4.52. The summed E-state index contributed by atoms with van der Waals surface area (Å²) in [4.78, 5) is 0. The number of hydrogen-bond acceptors (Lipinski definition) is 3. The summed E-state index contributed by atoms with van der Waals surface area (Å²) in [5.41, 5.74) is 1.09. The summed E-state index contributed by atoms with van der Waals surface area (Å²) in [5, 5.41) is 13.8. The van der Waals surface area contributed by atoms with E-state index in [2.05, 4.69) is 17.5 Å². The first kappa shape index (κ1) is 11.2. The number of thiophene rings is 1. The lowest BCUT2D eigenvalue weighted by atomic mass is 9.89. The molecule has 2 aromatic rings. The molecule has 2 nitrogen and oxygen atoms in total. The van der Waals surface area contributed by atoms with Gasteiger partial charge in [-0.3, -0.25) is 0 Å². The molecule has 0 amide bonds. The van der Waals surface area contributed by atoms with Gasteiger partial charge >= 0.3 is 0 Å². The van der Waals surface area contributed by atoms with Gasteiger partial charge < -0.3 is 9.84 Å². The van der Waals surface area contributed by atoms with Gasteiger partial charge in [0.2, 0.25) is 0 Å². The standard InChI is InChI=1S/C14H16O2S/c15-14(10-5-7-16-8-6-10)12-9-17-13-4-2-1-3-11(12)13/h1-4,9-10,14-15H,5-8H2. The quantitative estimate of drug-likeness (QED) is 0.883. The van der Waals surface area contributed by atoms with Crippen molar-refractivity contribution in [2.45, 2.75) is 18.9 Å². The molecular formula is C14H16O2S. The number of benzene rings is 1. The number of hydrogen-bond donors (Lipinski definition) is 1. The molecule has 0 aliphatic carbocycles. The summed E-state index contributed by atoms with van der Waals surface area (Å²) in [6, 6.07) is 8.29. The van der Waals surface area contributed by atoms with E-state index in [1.807, 2.05) is 12.1 Å². The molecule has 0 saturated carbocycles.